The number of carboxylic acid groups (broad SMARTS) is 1. The molecule has 2 heterocycles. The number of fused-ring (bicyclic) bond motifs is 1. The third-order valence-corrected chi connectivity index (χ3v) is 5.45. The van der Waals surface area contributed by atoms with Gasteiger partial charge >= 0.3 is 5.97 Å². The van der Waals surface area contributed by atoms with Gasteiger partial charge in [-0.15, -0.1) is 11.8 Å². The van der Waals surface area contributed by atoms with Crippen LogP contribution in [0.2, 0.25) is 0 Å². The molecule has 1 aromatic carbocycles. The number of carboxylic acids is 1. The summed E-state index contributed by atoms with van der Waals surface area (Å²) in [6.07, 6.45) is 1.13. The molecule has 0 spiro atoms. The van der Waals surface area contributed by atoms with Gasteiger partial charge in [-0.2, -0.15) is 0 Å². The molecule has 1 unspecified atom stereocenters. The molecule has 4 heteroatoms. The van der Waals surface area contributed by atoms with Crippen molar-refractivity contribution in [2.24, 2.45) is 11.8 Å². The number of aliphatic carboxylic acids is 1. The number of likely N-dealkylation sites (tertiary alicyclic amines) is 1. The number of rotatable bonds is 2. The summed E-state index contributed by atoms with van der Waals surface area (Å²) in [6.45, 7) is 3.66. The van der Waals surface area contributed by atoms with Crippen LogP contribution in [0.1, 0.15) is 24.9 Å². The van der Waals surface area contributed by atoms with Crippen molar-refractivity contribution in [2.75, 3.05) is 18.8 Å². The molecule has 3 nitrogen and oxygen atoms in total. The van der Waals surface area contributed by atoms with Gasteiger partial charge in [0.2, 0.25) is 0 Å². The van der Waals surface area contributed by atoms with Gasteiger partial charge in [0, 0.05) is 24.0 Å². The summed E-state index contributed by atoms with van der Waals surface area (Å²) in [5, 5.41) is 9.26. The second-order valence-electron chi connectivity index (χ2n) is 5.57. The number of hydrogen-bond acceptors (Lipinski definition) is 3. The molecule has 102 valence electrons. The molecular weight excluding hydrogens is 258 g/mol. The van der Waals surface area contributed by atoms with Gasteiger partial charge in [0.05, 0.1) is 5.92 Å². The highest BCUT2D eigenvalue weighted by atomic mass is 32.2. The van der Waals surface area contributed by atoms with E-state index in [2.05, 4.69) is 36.1 Å². The van der Waals surface area contributed by atoms with E-state index in [0.29, 0.717) is 12.6 Å². The van der Waals surface area contributed by atoms with Crippen molar-refractivity contribution in [1.82, 2.24) is 4.90 Å². The maximum absolute atomic E-state index is 11.3. The standard InChI is InChI=1S/C15H19NO2S/c1-10-8-16(9-12(10)15(17)18)13-6-7-19-14-5-3-2-4-11(13)14/h2-5,10,12-13H,6-9H2,1H3,(H,17,18)/t10-,12-,13?/m1/s1. The molecule has 19 heavy (non-hydrogen) atoms. The first-order valence-electron chi connectivity index (χ1n) is 6.85. The Hall–Kier alpha value is -1.00. The molecular formula is C15H19NO2S. The zero-order valence-corrected chi connectivity index (χ0v) is 11.9. The van der Waals surface area contributed by atoms with Crippen LogP contribution in [-0.4, -0.2) is 34.8 Å². The third kappa shape index (κ3) is 2.39. The van der Waals surface area contributed by atoms with Crippen LogP contribution in [-0.2, 0) is 4.79 Å². The van der Waals surface area contributed by atoms with E-state index in [0.717, 1.165) is 18.7 Å². The Morgan fingerprint density at radius 3 is 2.89 bits per heavy atom. The van der Waals surface area contributed by atoms with Crippen LogP contribution in [0.3, 0.4) is 0 Å². The topological polar surface area (TPSA) is 40.5 Å². The quantitative estimate of drug-likeness (QED) is 0.902. The van der Waals surface area contributed by atoms with E-state index in [9.17, 15) is 9.90 Å². The molecule has 0 aromatic heterocycles. The fraction of sp³-hybridized carbons (Fsp3) is 0.533. The lowest BCUT2D eigenvalue weighted by Gasteiger charge is -2.32. The van der Waals surface area contributed by atoms with Crippen molar-refractivity contribution < 1.29 is 9.90 Å². The highest BCUT2D eigenvalue weighted by Gasteiger charge is 2.39. The molecule has 0 aliphatic carbocycles. The molecule has 1 saturated heterocycles. The molecule has 1 N–H and O–H groups in total. The van der Waals surface area contributed by atoms with Gasteiger partial charge in [0.15, 0.2) is 0 Å². The molecule has 0 amide bonds. The van der Waals surface area contributed by atoms with Gasteiger partial charge in [-0.05, 0) is 29.7 Å². The lowest BCUT2D eigenvalue weighted by molar-refractivity contribution is -0.142. The maximum Gasteiger partial charge on any atom is 0.308 e. The summed E-state index contributed by atoms with van der Waals surface area (Å²) in [6, 6.07) is 8.96. The Morgan fingerprint density at radius 2 is 2.16 bits per heavy atom. The minimum Gasteiger partial charge on any atom is -0.481 e. The summed E-state index contributed by atoms with van der Waals surface area (Å²) in [5.74, 6) is 0.527. The van der Waals surface area contributed by atoms with Crippen LogP contribution < -0.4 is 0 Å². The predicted octanol–water partition coefficient (Wildman–Crippen LogP) is 2.88. The maximum atomic E-state index is 11.3. The molecule has 1 aromatic rings. The van der Waals surface area contributed by atoms with Crippen molar-refractivity contribution in [3.63, 3.8) is 0 Å². The van der Waals surface area contributed by atoms with E-state index in [1.54, 1.807) is 0 Å². The average molecular weight is 277 g/mol. The van der Waals surface area contributed by atoms with Crippen LogP contribution >= 0.6 is 11.8 Å². The van der Waals surface area contributed by atoms with Crippen LogP contribution in [0.5, 0.6) is 0 Å². The molecule has 1 fully saturated rings. The number of carbonyl (C=O) groups is 1. The van der Waals surface area contributed by atoms with Crippen LogP contribution in [0, 0.1) is 11.8 Å². The van der Waals surface area contributed by atoms with E-state index >= 15 is 0 Å². The lowest BCUT2D eigenvalue weighted by Crippen LogP contribution is -2.30. The van der Waals surface area contributed by atoms with E-state index in [1.807, 2.05) is 11.8 Å². The Balaban J connectivity index is 1.83. The second kappa shape index (κ2) is 5.17. The summed E-state index contributed by atoms with van der Waals surface area (Å²) in [5.41, 5.74) is 1.39. The zero-order chi connectivity index (χ0) is 13.4. The summed E-state index contributed by atoms with van der Waals surface area (Å²) >= 11 is 1.92. The minimum atomic E-state index is -0.645. The highest BCUT2D eigenvalue weighted by molar-refractivity contribution is 7.99. The first kappa shape index (κ1) is 13.0. The summed E-state index contributed by atoms with van der Waals surface area (Å²) in [4.78, 5) is 15.0. The largest absolute Gasteiger partial charge is 0.481 e. The first-order chi connectivity index (χ1) is 9.16. The van der Waals surface area contributed by atoms with Crippen molar-refractivity contribution in [2.45, 2.75) is 24.3 Å². The number of hydrogen-bond donors (Lipinski definition) is 1. The molecule has 3 rings (SSSR count). The van der Waals surface area contributed by atoms with Crippen LogP contribution in [0.15, 0.2) is 29.2 Å². The van der Waals surface area contributed by atoms with E-state index in [4.69, 9.17) is 0 Å². The van der Waals surface area contributed by atoms with Gasteiger partial charge in [0.25, 0.3) is 0 Å². The van der Waals surface area contributed by atoms with Crippen molar-refractivity contribution in [3.8, 4) is 0 Å². The molecule has 3 atom stereocenters. The number of thioether (sulfide) groups is 1. The summed E-state index contributed by atoms with van der Waals surface area (Å²) < 4.78 is 0. The smallest absolute Gasteiger partial charge is 0.308 e. The van der Waals surface area contributed by atoms with Gasteiger partial charge < -0.3 is 5.11 Å². The predicted molar refractivity (Wildman–Crippen MR) is 76.4 cm³/mol. The SMILES string of the molecule is C[C@@H]1CN(C2CCSc3ccccc32)C[C@H]1C(=O)O. The van der Waals surface area contributed by atoms with Gasteiger partial charge in [-0.1, -0.05) is 25.1 Å². The summed E-state index contributed by atoms with van der Waals surface area (Å²) in [7, 11) is 0. The van der Waals surface area contributed by atoms with Crippen LogP contribution in [0.25, 0.3) is 0 Å². The molecule has 2 aliphatic rings. The lowest BCUT2D eigenvalue weighted by atomic mass is 9.99. The fourth-order valence-corrected chi connectivity index (χ4v) is 4.39. The van der Waals surface area contributed by atoms with Crippen molar-refractivity contribution in [1.29, 1.82) is 0 Å². The first-order valence-corrected chi connectivity index (χ1v) is 7.84. The fourth-order valence-electron chi connectivity index (χ4n) is 3.28. The molecule has 0 radical (unpaired) electrons. The van der Waals surface area contributed by atoms with Crippen molar-refractivity contribution >= 4 is 17.7 Å². The Morgan fingerprint density at radius 1 is 1.37 bits per heavy atom. The van der Waals surface area contributed by atoms with E-state index in [-0.39, 0.29) is 11.8 Å². The average Bonchev–Trinajstić information content (AvgIpc) is 2.80. The van der Waals surface area contributed by atoms with E-state index < -0.39 is 5.97 Å². The highest BCUT2D eigenvalue weighted by Crippen LogP contribution is 2.41. The monoisotopic (exact) mass is 277 g/mol. The van der Waals surface area contributed by atoms with Crippen LogP contribution in [0.4, 0.5) is 0 Å². The molecule has 0 bridgehead atoms. The zero-order valence-electron chi connectivity index (χ0n) is 11.1. The minimum absolute atomic E-state index is 0.207. The number of nitrogens with zero attached hydrogens (tertiary/aromatic N) is 1. The third-order valence-electron chi connectivity index (χ3n) is 4.33. The van der Waals surface area contributed by atoms with Gasteiger partial charge in [-0.3, -0.25) is 9.69 Å². The molecule has 0 saturated carbocycles. The number of benzene rings is 1. The Kier molecular flexibility index (Phi) is 3.54. The molecule has 2 aliphatic heterocycles. The van der Waals surface area contributed by atoms with E-state index in [1.165, 1.54) is 10.5 Å². The Bertz CT molecular complexity index is 491. The van der Waals surface area contributed by atoms with Crippen molar-refractivity contribution in [3.05, 3.63) is 29.8 Å². The van der Waals surface area contributed by atoms with Gasteiger partial charge in [-0.25, -0.2) is 0 Å². The normalized spacial score (nSPS) is 31.1. The van der Waals surface area contributed by atoms with Gasteiger partial charge in [0.1, 0.15) is 0 Å². The second-order valence-corrected chi connectivity index (χ2v) is 6.70. The Labute approximate surface area is 118 Å².